The second-order valence-corrected chi connectivity index (χ2v) is 7.20. The maximum absolute atomic E-state index is 12.8. The lowest BCUT2D eigenvalue weighted by Crippen LogP contribution is -2.32. The third-order valence-electron chi connectivity index (χ3n) is 5.41. The molecule has 2 aromatic rings. The van der Waals surface area contributed by atoms with E-state index in [1.165, 1.54) is 16.7 Å². The van der Waals surface area contributed by atoms with Gasteiger partial charge in [-0.1, -0.05) is 67.1 Å². The van der Waals surface area contributed by atoms with Gasteiger partial charge in [-0.25, -0.2) is 0 Å². The molecule has 140 valence electrons. The lowest BCUT2D eigenvalue weighted by Gasteiger charge is -2.21. The third-order valence-corrected chi connectivity index (χ3v) is 5.41. The molecule has 0 radical (unpaired) electrons. The molecule has 1 saturated heterocycles. The number of halogens is 1. The Morgan fingerprint density at radius 1 is 1.12 bits per heavy atom. The second-order valence-electron chi connectivity index (χ2n) is 7.20. The van der Waals surface area contributed by atoms with Gasteiger partial charge in [-0.05, 0) is 30.4 Å². The zero-order chi connectivity index (χ0) is 17.8. The number of amides is 1. The van der Waals surface area contributed by atoms with E-state index in [-0.39, 0.29) is 36.2 Å². The molecule has 0 spiro atoms. The van der Waals surface area contributed by atoms with Crippen LogP contribution in [0.2, 0.25) is 0 Å². The van der Waals surface area contributed by atoms with E-state index in [0.717, 1.165) is 13.0 Å². The zero-order valence-corrected chi connectivity index (χ0v) is 16.4. The van der Waals surface area contributed by atoms with Crippen molar-refractivity contribution in [2.45, 2.75) is 44.6 Å². The summed E-state index contributed by atoms with van der Waals surface area (Å²) >= 11 is 0. The highest BCUT2D eigenvalue weighted by Gasteiger charge is 2.34. The highest BCUT2D eigenvalue weighted by molar-refractivity contribution is 5.85. The summed E-state index contributed by atoms with van der Waals surface area (Å²) in [5.74, 6) is 0.742. The number of hydrogen-bond acceptors (Lipinski definition) is 2. The van der Waals surface area contributed by atoms with E-state index in [4.69, 9.17) is 5.73 Å². The molecule has 0 bridgehead atoms. The van der Waals surface area contributed by atoms with E-state index < -0.39 is 0 Å². The molecule has 2 aromatic carbocycles. The summed E-state index contributed by atoms with van der Waals surface area (Å²) < 4.78 is 0. The van der Waals surface area contributed by atoms with Crippen molar-refractivity contribution in [3.8, 4) is 0 Å². The van der Waals surface area contributed by atoms with E-state index >= 15 is 0 Å². The van der Waals surface area contributed by atoms with Crippen LogP contribution >= 0.6 is 12.4 Å². The average Bonchev–Trinajstić information content (AvgIpc) is 3.03. The maximum atomic E-state index is 12.8. The van der Waals surface area contributed by atoms with Crippen molar-refractivity contribution >= 4 is 18.3 Å². The van der Waals surface area contributed by atoms with Crippen LogP contribution in [0.4, 0.5) is 0 Å². The minimum atomic E-state index is 0. The number of nitrogens with zero attached hydrogens (tertiary/aromatic N) is 1. The highest BCUT2D eigenvalue weighted by Crippen LogP contribution is 2.29. The van der Waals surface area contributed by atoms with Gasteiger partial charge in [0, 0.05) is 31.5 Å². The summed E-state index contributed by atoms with van der Waals surface area (Å²) in [6, 6.07) is 18.9. The van der Waals surface area contributed by atoms with Gasteiger partial charge in [-0.3, -0.25) is 4.79 Å². The third kappa shape index (κ3) is 4.66. The molecule has 3 atom stereocenters. The Bertz CT molecular complexity index is 702. The average molecular weight is 373 g/mol. The number of hydrogen-bond donors (Lipinski definition) is 1. The summed E-state index contributed by atoms with van der Waals surface area (Å²) in [5.41, 5.74) is 10.1. The van der Waals surface area contributed by atoms with Crippen LogP contribution in [-0.2, 0) is 4.79 Å². The predicted octanol–water partition coefficient (Wildman–Crippen LogP) is 4.25. The van der Waals surface area contributed by atoms with Crippen LogP contribution < -0.4 is 5.73 Å². The molecule has 26 heavy (non-hydrogen) atoms. The fourth-order valence-corrected chi connectivity index (χ4v) is 3.76. The normalized spacial score (nSPS) is 20.5. The molecular weight excluding hydrogens is 344 g/mol. The van der Waals surface area contributed by atoms with Crippen molar-refractivity contribution in [2.75, 3.05) is 13.1 Å². The van der Waals surface area contributed by atoms with Gasteiger partial charge in [-0.15, -0.1) is 12.4 Å². The Morgan fingerprint density at radius 2 is 1.77 bits per heavy atom. The van der Waals surface area contributed by atoms with Crippen molar-refractivity contribution in [2.24, 2.45) is 5.73 Å². The molecule has 0 aromatic heterocycles. The number of nitrogens with two attached hydrogens (primary N) is 1. The predicted molar refractivity (Wildman–Crippen MR) is 110 cm³/mol. The number of carbonyl (C=O) groups is 1. The summed E-state index contributed by atoms with van der Waals surface area (Å²) in [6.07, 6.45) is 1.53. The smallest absolute Gasteiger partial charge is 0.223 e. The van der Waals surface area contributed by atoms with Crippen molar-refractivity contribution < 1.29 is 4.79 Å². The van der Waals surface area contributed by atoms with Crippen LogP contribution in [0.15, 0.2) is 54.6 Å². The molecule has 0 saturated carbocycles. The van der Waals surface area contributed by atoms with E-state index in [1.54, 1.807) is 0 Å². The first-order chi connectivity index (χ1) is 12.1. The Kier molecular flexibility index (Phi) is 7.24. The molecule has 1 aliphatic rings. The molecule has 0 aliphatic carbocycles. The zero-order valence-electron chi connectivity index (χ0n) is 15.6. The molecule has 4 heteroatoms. The number of aryl methyl sites for hydroxylation is 1. The van der Waals surface area contributed by atoms with Gasteiger partial charge in [0.15, 0.2) is 0 Å². The van der Waals surface area contributed by atoms with Gasteiger partial charge in [0.05, 0.1) is 0 Å². The minimum absolute atomic E-state index is 0. The van der Waals surface area contributed by atoms with Crippen LogP contribution in [0.3, 0.4) is 0 Å². The first kappa shape index (κ1) is 20.5. The Hall–Kier alpha value is -1.84. The molecular formula is C22H29ClN2O. The van der Waals surface area contributed by atoms with E-state index in [9.17, 15) is 4.79 Å². The lowest BCUT2D eigenvalue weighted by molar-refractivity contribution is -0.130. The second kappa shape index (κ2) is 9.20. The SMILES string of the molecule is CCC(CC(=O)N1C[C@@H](N)[C@H](c2ccccc2)C1)c1ccc(C)cc1.Cl. The molecule has 1 amide bonds. The molecule has 3 rings (SSSR count). The molecule has 1 unspecified atom stereocenters. The van der Waals surface area contributed by atoms with Crippen molar-refractivity contribution in [1.29, 1.82) is 0 Å². The fraction of sp³-hybridized carbons (Fsp3) is 0.409. The van der Waals surface area contributed by atoms with Crippen LogP contribution in [0.1, 0.15) is 48.3 Å². The number of benzene rings is 2. The van der Waals surface area contributed by atoms with Crippen LogP contribution in [-0.4, -0.2) is 29.9 Å². The fourth-order valence-electron chi connectivity index (χ4n) is 3.76. The number of carbonyl (C=O) groups excluding carboxylic acids is 1. The van der Waals surface area contributed by atoms with E-state index in [1.807, 2.05) is 23.1 Å². The van der Waals surface area contributed by atoms with E-state index in [2.05, 4.69) is 50.2 Å². The van der Waals surface area contributed by atoms with Crippen molar-refractivity contribution in [3.63, 3.8) is 0 Å². The molecule has 2 N–H and O–H groups in total. The highest BCUT2D eigenvalue weighted by atomic mass is 35.5. The Labute approximate surface area is 163 Å². The minimum Gasteiger partial charge on any atom is -0.340 e. The summed E-state index contributed by atoms with van der Waals surface area (Å²) in [5, 5.41) is 0. The maximum Gasteiger partial charge on any atom is 0.223 e. The lowest BCUT2D eigenvalue weighted by atomic mass is 9.92. The Morgan fingerprint density at radius 3 is 2.38 bits per heavy atom. The summed E-state index contributed by atoms with van der Waals surface area (Å²) in [7, 11) is 0. The molecule has 3 nitrogen and oxygen atoms in total. The van der Waals surface area contributed by atoms with Gasteiger partial charge >= 0.3 is 0 Å². The molecule has 1 fully saturated rings. The van der Waals surface area contributed by atoms with Gasteiger partial charge in [0.25, 0.3) is 0 Å². The number of rotatable bonds is 5. The molecule has 1 heterocycles. The van der Waals surface area contributed by atoms with Crippen molar-refractivity contribution in [3.05, 3.63) is 71.3 Å². The van der Waals surface area contributed by atoms with E-state index in [0.29, 0.717) is 13.0 Å². The first-order valence-electron chi connectivity index (χ1n) is 9.23. The van der Waals surface area contributed by atoms with Gasteiger partial charge in [0.1, 0.15) is 0 Å². The topological polar surface area (TPSA) is 46.3 Å². The van der Waals surface area contributed by atoms with Crippen LogP contribution in [0.5, 0.6) is 0 Å². The summed E-state index contributed by atoms with van der Waals surface area (Å²) in [4.78, 5) is 14.8. The first-order valence-corrected chi connectivity index (χ1v) is 9.23. The van der Waals surface area contributed by atoms with Gasteiger partial charge in [0.2, 0.25) is 5.91 Å². The van der Waals surface area contributed by atoms with Crippen LogP contribution in [0.25, 0.3) is 0 Å². The summed E-state index contributed by atoms with van der Waals surface area (Å²) in [6.45, 7) is 5.63. The number of likely N-dealkylation sites (tertiary alicyclic amines) is 1. The van der Waals surface area contributed by atoms with Crippen LogP contribution in [0, 0.1) is 6.92 Å². The van der Waals surface area contributed by atoms with Gasteiger partial charge < -0.3 is 10.6 Å². The quantitative estimate of drug-likeness (QED) is 0.852. The van der Waals surface area contributed by atoms with Gasteiger partial charge in [-0.2, -0.15) is 0 Å². The monoisotopic (exact) mass is 372 g/mol. The Balaban J connectivity index is 0.00000243. The standard InChI is InChI=1S/C22H28N2O.ClH/c1-3-17(18-11-9-16(2)10-12-18)13-22(25)24-14-20(21(23)15-24)19-7-5-4-6-8-19;/h4-12,17,20-21H,3,13-15,23H2,1-2H3;1H/t17?,20-,21+;/m0./s1. The largest absolute Gasteiger partial charge is 0.340 e. The van der Waals surface area contributed by atoms with Crippen molar-refractivity contribution in [1.82, 2.24) is 4.90 Å². The molecule has 1 aliphatic heterocycles.